The van der Waals surface area contributed by atoms with E-state index in [4.69, 9.17) is 0 Å². The zero-order chi connectivity index (χ0) is 19.1. The lowest BCUT2D eigenvalue weighted by Crippen LogP contribution is -2.06. The van der Waals surface area contributed by atoms with Crippen LogP contribution in [0.5, 0.6) is 0 Å². The molecule has 134 valence electrons. The molecule has 2 aromatic heterocycles. The molecule has 0 fully saturated rings. The molecule has 1 amide bonds. The molecule has 0 bridgehead atoms. The summed E-state index contributed by atoms with van der Waals surface area (Å²) in [5.74, 6) is -0.772. The molecule has 2 N–H and O–H groups in total. The number of benzene rings is 1. The highest BCUT2D eigenvalue weighted by atomic mass is 16.6. The van der Waals surface area contributed by atoms with E-state index < -0.39 is 11.9 Å². The maximum Gasteiger partial charge on any atom is 0.310 e. The van der Waals surface area contributed by atoms with Crippen LogP contribution in [0.25, 0.3) is 22.2 Å². The topological polar surface area (TPSA) is 114 Å². The van der Waals surface area contributed by atoms with Crippen molar-refractivity contribution in [3.63, 3.8) is 0 Å². The van der Waals surface area contributed by atoms with Crippen LogP contribution in [0.4, 0.5) is 5.82 Å². The van der Waals surface area contributed by atoms with Crippen molar-refractivity contribution in [2.75, 3.05) is 5.32 Å². The molecule has 0 atom stereocenters. The van der Waals surface area contributed by atoms with E-state index in [0.717, 1.165) is 16.5 Å². The minimum Gasteiger partial charge on any atom is -0.394 e. The first-order valence-electron chi connectivity index (χ1n) is 7.73. The van der Waals surface area contributed by atoms with Gasteiger partial charge in [-0.05, 0) is 11.6 Å². The Morgan fingerprint density at radius 2 is 1.65 bits per heavy atom. The number of hydrogen-bond acceptors (Lipinski definition) is 6. The molecular formula is C18H18N4O4. The van der Waals surface area contributed by atoms with Crippen LogP contribution in [0.2, 0.25) is 0 Å². The maximum atomic E-state index is 11.1. The summed E-state index contributed by atoms with van der Waals surface area (Å²) in [6.45, 7) is 3.82. The van der Waals surface area contributed by atoms with Gasteiger partial charge in [-0.3, -0.25) is 19.5 Å². The molecule has 2 heterocycles. The van der Waals surface area contributed by atoms with Crippen LogP contribution in [0.1, 0.15) is 20.8 Å². The third-order valence-corrected chi connectivity index (χ3v) is 3.11. The molecule has 8 nitrogen and oxygen atoms in total. The quantitative estimate of drug-likeness (QED) is 0.540. The number of H-pyrrole nitrogens is 1. The summed E-state index contributed by atoms with van der Waals surface area (Å²) in [7, 11) is 0. The van der Waals surface area contributed by atoms with Gasteiger partial charge in [0.25, 0.3) is 0 Å². The van der Waals surface area contributed by atoms with Crippen molar-refractivity contribution in [3.05, 3.63) is 42.6 Å². The second-order valence-electron chi connectivity index (χ2n) is 5.32. The molecule has 0 saturated carbocycles. The second kappa shape index (κ2) is 8.52. The Labute approximate surface area is 149 Å². The zero-order valence-corrected chi connectivity index (χ0v) is 14.6. The zero-order valence-electron chi connectivity index (χ0n) is 14.6. The van der Waals surface area contributed by atoms with Crippen molar-refractivity contribution < 1.29 is 19.1 Å². The SMILES string of the molecule is CC(=O)Nc1n[nH]c2ncc(-c3ccccc3)cc12.CC(=O)OC(C)=O. The molecule has 0 radical (unpaired) electrons. The molecule has 0 spiro atoms. The number of hydrogen-bond donors (Lipinski definition) is 2. The first kappa shape index (κ1) is 18.8. The van der Waals surface area contributed by atoms with Crippen LogP contribution in [0.3, 0.4) is 0 Å². The van der Waals surface area contributed by atoms with Gasteiger partial charge in [0.2, 0.25) is 5.91 Å². The van der Waals surface area contributed by atoms with Gasteiger partial charge < -0.3 is 10.1 Å². The normalized spacial score (nSPS) is 9.81. The number of aromatic nitrogens is 3. The summed E-state index contributed by atoms with van der Waals surface area (Å²) in [5, 5.41) is 10.3. The highest BCUT2D eigenvalue weighted by Crippen LogP contribution is 2.25. The Balaban J connectivity index is 0.000000298. The summed E-state index contributed by atoms with van der Waals surface area (Å²) in [6, 6.07) is 11.9. The molecular weight excluding hydrogens is 336 g/mol. The van der Waals surface area contributed by atoms with Gasteiger partial charge in [0.05, 0.1) is 5.39 Å². The molecule has 26 heavy (non-hydrogen) atoms. The summed E-state index contributed by atoms with van der Waals surface area (Å²) in [5.41, 5.74) is 2.72. The van der Waals surface area contributed by atoms with Crippen molar-refractivity contribution in [3.8, 4) is 11.1 Å². The molecule has 0 saturated heterocycles. The number of rotatable bonds is 2. The number of anilines is 1. The number of nitrogens with zero attached hydrogens (tertiary/aromatic N) is 2. The molecule has 0 unspecified atom stereocenters. The Morgan fingerprint density at radius 1 is 1.00 bits per heavy atom. The number of carbonyl (C=O) groups is 3. The first-order valence-corrected chi connectivity index (χ1v) is 7.73. The molecule has 3 rings (SSSR count). The number of esters is 2. The van der Waals surface area contributed by atoms with Crippen LogP contribution >= 0.6 is 0 Å². The smallest absolute Gasteiger partial charge is 0.310 e. The number of aromatic amines is 1. The Hall–Kier alpha value is -3.55. The van der Waals surface area contributed by atoms with Crippen LogP contribution in [-0.4, -0.2) is 33.0 Å². The predicted octanol–water partition coefficient (Wildman–Crippen LogP) is 2.68. The number of amides is 1. The lowest BCUT2D eigenvalue weighted by molar-refractivity contribution is -0.156. The molecule has 0 aliphatic heterocycles. The fourth-order valence-corrected chi connectivity index (χ4v) is 2.16. The van der Waals surface area contributed by atoms with Crippen molar-refractivity contribution in [2.45, 2.75) is 20.8 Å². The lowest BCUT2D eigenvalue weighted by Gasteiger charge is -2.02. The number of carbonyl (C=O) groups excluding carboxylic acids is 3. The predicted molar refractivity (Wildman–Crippen MR) is 96.1 cm³/mol. The fraction of sp³-hybridized carbons (Fsp3) is 0.167. The van der Waals surface area contributed by atoms with E-state index in [1.54, 1.807) is 6.20 Å². The number of ether oxygens (including phenoxy) is 1. The van der Waals surface area contributed by atoms with E-state index in [-0.39, 0.29) is 5.91 Å². The molecule has 0 aliphatic carbocycles. The third kappa shape index (κ3) is 5.23. The Bertz CT molecular complexity index is 923. The summed E-state index contributed by atoms with van der Waals surface area (Å²) < 4.78 is 3.97. The maximum absolute atomic E-state index is 11.1. The largest absolute Gasteiger partial charge is 0.394 e. The van der Waals surface area contributed by atoms with Gasteiger partial charge in [0.1, 0.15) is 0 Å². The van der Waals surface area contributed by atoms with Crippen LogP contribution in [0, 0.1) is 0 Å². The van der Waals surface area contributed by atoms with Gasteiger partial charge in [-0.2, -0.15) is 5.10 Å². The van der Waals surface area contributed by atoms with Crippen LogP contribution < -0.4 is 5.32 Å². The van der Waals surface area contributed by atoms with E-state index in [9.17, 15) is 14.4 Å². The number of fused-ring (bicyclic) bond motifs is 1. The highest BCUT2D eigenvalue weighted by molar-refractivity contribution is 5.98. The van der Waals surface area contributed by atoms with E-state index in [0.29, 0.717) is 11.5 Å². The van der Waals surface area contributed by atoms with E-state index >= 15 is 0 Å². The number of nitrogens with one attached hydrogen (secondary N) is 2. The summed E-state index contributed by atoms with van der Waals surface area (Å²) >= 11 is 0. The fourth-order valence-electron chi connectivity index (χ4n) is 2.16. The standard InChI is InChI=1S/C14H12N4O.C4H6O3/c1-9(19)16-14-12-7-11(8-15-13(12)17-18-14)10-5-3-2-4-6-10;1-3(5)7-4(2)6/h2-8H,1H3,(H2,15,16,17,18,19);1-2H3. The van der Waals surface area contributed by atoms with E-state index in [1.165, 1.54) is 20.8 Å². The highest BCUT2D eigenvalue weighted by Gasteiger charge is 2.09. The summed E-state index contributed by atoms with van der Waals surface area (Å²) in [4.78, 5) is 35.1. The third-order valence-electron chi connectivity index (χ3n) is 3.11. The van der Waals surface area contributed by atoms with Crippen molar-refractivity contribution in [1.82, 2.24) is 15.2 Å². The molecule has 1 aromatic carbocycles. The Morgan fingerprint density at radius 3 is 2.19 bits per heavy atom. The van der Waals surface area contributed by atoms with Crippen molar-refractivity contribution in [2.24, 2.45) is 0 Å². The van der Waals surface area contributed by atoms with Gasteiger partial charge in [0, 0.05) is 32.5 Å². The minimum absolute atomic E-state index is 0.154. The minimum atomic E-state index is -0.562. The average molecular weight is 354 g/mol. The molecule has 8 heteroatoms. The van der Waals surface area contributed by atoms with E-state index in [2.05, 4.69) is 25.2 Å². The van der Waals surface area contributed by atoms with Crippen molar-refractivity contribution >= 4 is 34.7 Å². The molecule has 0 aliphatic rings. The van der Waals surface area contributed by atoms with Gasteiger partial charge in [0.15, 0.2) is 11.5 Å². The van der Waals surface area contributed by atoms with Gasteiger partial charge in [-0.25, -0.2) is 4.98 Å². The number of pyridine rings is 1. The van der Waals surface area contributed by atoms with Gasteiger partial charge >= 0.3 is 11.9 Å². The summed E-state index contributed by atoms with van der Waals surface area (Å²) in [6.07, 6.45) is 1.79. The second-order valence-corrected chi connectivity index (χ2v) is 5.32. The monoisotopic (exact) mass is 354 g/mol. The Kier molecular flexibility index (Phi) is 6.15. The average Bonchev–Trinajstić information content (AvgIpc) is 2.96. The van der Waals surface area contributed by atoms with Crippen LogP contribution in [-0.2, 0) is 19.1 Å². The van der Waals surface area contributed by atoms with E-state index in [1.807, 2.05) is 36.4 Å². The van der Waals surface area contributed by atoms with Crippen LogP contribution in [0.15, 0.2) is 42.6 Å². The van der Waals surface area contributed by atoms with Gasteiger partial charge in [-0.15, -0.1) is 0 Å². The molecule has 3 aromatic rings. The van der Waals surface area contributed by atoms with Crippen molar-refractivity contribution in [1.29, 1.82) is 0 Å². The lowest BCUT2D eigenvalue weighted by atomic mass is 10.1. The first-order chi connectivity index (χ1) is 12.4. The van der Waals surface area contributed by atoms with Gasteiger partial charge in [-0.1, -0.05) is 30.3 Å².